The Morgan fingerprint density at radius 3 is 2.24 bits per heavy atom. The van der Waals surface area contributed by atoms with E-state index in [1.807, 2.05) is 50.2 Å². The van der Waals surface area contributed by atoms with Gasteiger partial charge in [0.1, 0.15) is 5.75 Å². The number of fused-ring (bicyclic) bond motifs is 3. The van der Waals surface area contributed by atoms with Gasteiger partial charge in [0.25, 0.3) is 0 Å². The fourth-order valence-corrected chi connectivity index (χ4v) is 8.36. The van der Waals surface area contributed by atoms with E-state index in [2.05, 4.69) is 53.2 Å². The molecule has 2 bridgehead atoms. The van der Waals surface area contributed by atoms with E-state index in [1.165, 1.54) is 48.9 Å². The summed E-state index contributed by atoms with van der Waals surface area (Å²) in [4.78, 5) is 18.4. The first kappa shape index (κ1) is 36.8. The van der Waals surface area contributed by atoms with E-state index in [-0.39, 0.29) is 42.4 Å². The number of hydrogen-bond acceptors (Lipinski definition) is 3. The number of halogens is 4. The SMILES string of the molecule is CC(C)Oc1cccc(CC(=O)N2CCN(C)C(CC[N+]34CCC(c5ccccc5)(CC3)CC4)(c3ccc(Cl)c(Cl)c3)C2)c1.Cl.[Cl-]. The molecule has 0 N–H and O–H groups in total. The molecule has 0 aliphatic carbocycles. The maximum atomic E-state index is 13.9. The van der Waals surface area contributed by atoms with E-state index >= 15 is 0 Å². The fourth-order valence-electron chi connectivity index (χ4n) is 8.06. The second-order valence-corrected chi connectivity index (χ2v) is 14.6. The van der Waals surface area contributed by atoms with Gasteiger partial charge in [0.15, 0.2) is 0 Å². The van der Waals surface area contributed by atoms with Crippen LogP contribution < -0.4 is 17.1 Å². The third kappa shape index (κ3) is 7.51. The minimum absolute atomic E-state index is 0. The van der Waals surface area contributed by atoms with Crippen molar-refractivity contribution in [3.8, 4) is 5.75 Å². The summed E-state index contributed by atoms with van der Waals surface area (Å²) in [6, 6.07) is 25.2. The molecule has 0 spiro atoms. The molecule has 7 rings (SSSR count). The Hall–Kier alpha value is -1.99. The molecule has 0 aromatic heterocycles. The minimum atomic E-state index is -0.344. The maximum Gasteiger partial charge on any atom is 0.227 e. The fraction of sp³-hybridized carbons (Fsp3) is 0.486. The lowest BCUT2D eigenvalue weighted by Crippen LogP contribution is -3.00. The third-order valence-electron chi connectivity index (χ3n) is 10.9. The van der Waals surface area contributed by atoms with E-state index in [9.17, 15) is 4.79 Å². The Balaban J connectivity index is 0.00000240. The molecule has 4 saturated heterocycles. The predicted octanol–water partition coefficient (Wildman–Crippen LogP) is 4.76. The summed E-state index contributed by atoms with van der Waals surface area (Å²) in [7, 11) is 2.21. The number of quaternary nitrogens is 1. The van der Waals surface area contributed by atoms with Crippen molar-refractivity contribution in [2.24, 2.45) is 0 Å². The molecule has 5 nitrogen and oxygen atoms in total. The normalized spacial score (nSPS) is 25.9. The number of piperazine rings is 1. The zero-order chi connectivity index (χ0) is 31.0. The van der Waals surface area contributed by atoms with Crippen molar-refractivity contribution in [1.82, 2.24) is 9.80 Å². The molecule has 0 radical (unpaired) electrons. The Labute approximate surface area is 297 Å². The molecule has 9 heteroatoms. The molecule has 3 aromatic rings. The summed E-state index contributed by atoms with van der Waals surface area (Å²) in [6.07, 6.45) is 5.15. The summed E-state index contributed by atoms with van der Waals surface area (Å²) in [5.74, 6) is 0.960. The van der Waals surface area contributed by atoms with Crippen LogP contribution in [0.3, 0.4) is 0 Å². The number of benzene rings is 3. The minimum Gasteiger partial charge on any atom is -1.00 e. The van der Waals surface area contributed by atoms with Crippen molar-refractivity contribution in [3.05, 3.63) is 99.5 Å². The molecule has 3 aromatic carbocycles. The highest BCUT2D eigenvalue weighted by molar-refractivity contribution is 6.42. The topological polar surface area (TPSA) is 32.8 Å². The average Bonchev–Trinajstić information content (AvgIpc) is 3.03. The zero-order valence-corrected chi connectivity index (χ0v) is 30.3. The van der Waals surface area contributed by atoms with Crippen molar-refractivity contribution in [1.29, 1.82) is 0 Å². The highest BCUT2D eigenvalue weighted by atomic mass is 35.5. The molecule has 4 fully saturated rings. The number of nitrogens with zero attached hydrogens (tertiary/aromatic N) is 3. The highest BCUT2D eigenvalue weighted by Crippen LogP contribution is 2.47. The monoisotopic (exact) mass is 705 g/mol. The first-order valence-corrected chi connectivity index (χ1v) is 17.0. The van der Waals surface area contributed by atoms with E-state index < -0.39 is 0 Å². The van der Waals surface area contributed by atoms with Crippen LogP contribution in [-0.4, -0.2) is 79.2 Å². The van der Waals surface area contributed by atoms with Gasteiger partial charge in [-0.2, -0.15) is 0 Å². The van der Waals surface area contributed by atoms with Gasteiger partial charge < -0.3 is 26.5 Å². The van der Waals surface area contributed by atoms with Gasteiger partial charge in [-0.25, -0.2) is 0 Å². The molecule has 250 valence electrons. The van der Waals surface area contributed by atoms with Crippen LogP contribution in [0.25, 0.3) is 0 Å². The van der Waals surface area contributed by atoms with Crippen molar-refractivity contribution < 1.29 is 26.4 Å². The Kier molecular flexibility index (Phi) is 12.1. The summed E-state index contributed by atoms with van der Waals surface area (Å²) < 4.78 is 7.06. The Bertz CT molecular complexity index is 1460. The average molecular weight is 708 g/mol. The predicted molar refractivity (Wildman–Crippen MR) is 187 cm³/mol. The van der Waals surface area contributed by atoms with Gasteiger partial charge in [-0.15, -0.1) is 12.4 Å². The van der Waals surface area contributed by atoms with Crippen molar-refractivity contribution >= 4 is 41.5 Å². The van der Waals surface area contributed by atoms with Crippen LogP contribution in [0.15, 0.2) is 72.8 Å². The summed E-state index contributed by atoms with van der Waals surface area (Å²) >= 11 is 13.0. The number of likely N-dealkylation sites (N-methyl/N-ethyl adjacent to an activating group) is 1. The van der Waals surface area contributed by atoms with Crippen LogP contribution in [0, 0.1) is 0 Å². The first-order valence-electron chi connectivity index (χ1n) is 16.2. The van der Waals surface area contributed by atoms with Crippen LogP contribution in [0.4, 0.5) is 0 Å². The molecule has 0 saturated carbocycles. The van der Waals surface area contributed by atoms with Crippen molar-refractivity contribution in [2.45, 2.75) is 63.0 Å². The van der Waals surface area contributed by atoms with E-state index in [1.54, 1.807) is 0 Å². The second kappa shape index (κ2) is 15.1. The van der Waals surface area contributed by atoms with Crippen LogP contribution >= 0.6 is 35.6 Å². The van der Waals surface area contributed by atoms with Crippen molar-refractivity contribution in [2.75, 3.05) is 52.9 Å². The maximum absolute atomic E-state index is 13.9. The van der Waals surface area contributed by atoms with Crippen molar-refractivity contribution in [3.63, 3.8) is 0 Å². The number of hydrogen-bond donors (Lipinski definition) is 0. The third-order valence-corrected chi connectivity index (χ3v) is 11.6. The van der Waals surface area contributed by atoms with Gasteiger partial charge in [-0.05, 0) is 61.9 Å². The molecular formula is C37H47Cl4N3O2. The molecule has 1 unspecified atom stereocenters. The summed E-state index contributed by atoms with van der Waals surface area (Å²) in [6.45, 7) is 10.9. The highest BCUT2D eigenvalue weighted by Gasteiger charge is 2.51. The smallest absolute Gasteiger partial charge is 0.227 e. The largest absolute Gasteiger partial charge is 1.00 e. The van der Waals surface area contributed by atoms with Crippen LogP contribution in [0.1, 0.15) is 56.2 Å². The zero-order valence-electron chi connectivity index (χ0n) is 27.2. The van der Waals surface area contributed by atoms with Gasteiger partial charge in [0.2, 0.25) is 5.91 Å². The first-order chi connectivity index (χ1) is 21.1. The number of ether oxygens (including phenoxy) is 1. The molecule has 4 heterocycles. The summed E-state index contributed by atoms with van der Waals surface area (Å²) in [5, 5.41) is 1.13. The quantitative estimate of drug-likeness (QED) is 0.301. The van der Waals surface area contributed by atoms with Gasteiger partial charge in [-0.3, -0.25) is 9.69 Å². The lowest BCUT2D eigenvalue weighted by atomic mass is 9.66. The standard InChI is InChI=1S/C37H46Cl2N3O2.2ClH/c1-28(2)44-32-11-7-8-29(24-32)25-35(43)41-19-18-40(3)37(27-41,31-12-13-33(38)34(39)26-31)17-23-42-20-14-36(15-21-42,16-22-42)30-9-5-4-6-10-30;;/h4-13,24,26,28H,14-23,25,27H2,1-3H3;2*1H/q+1;;/p-1. The number of piperidine rings is 3. The van der Waals surface area contributed by atoms with Crippen LogP contribution in [0.5, 0.6) is 5.75 Å². The van der Waals surface area contributed by atoms with Crippen LogP contribution in [-0.2, 0) is 22.2 Å². The van der Waals surface area contributed by atoms with E-state index in [4.69, 9.17) is 27.9 Å². The second-order valence-electron chi connectivity index (χ2n) is 13.8. The Morgan fingerprint density at radius 2 is 1.59 bits per heavy atom. The van der Waals surface area contributed by atoms with E-state index in [0.29, 0.717) is 35.0 Å². The lowest BCUT2D eigenvalue weighted by Gasteiger charge is -2.57. The molecule has 46 heavy (non-hydrogen) atoms. The molecule has 1 atom stereocenters. The van der Waals surface area contributed by atoms with E-state index in [0.717, 1.165) is 36.4 Å². The number of carbonyl (C=O) groups is 1. The molecule has 4 aliphatic heterocycles. The number of amides is 1. The Morgan fingerprint density at radius 1 is 0.891 bits per heavy atom. The van der Waals surface area contributed by atoms with Gasteiger partial charge in [0, 0.05) is 50.7 Å². The molecular weight excluding hydrogens is 660 g/mol. The summed E-state index contributed by atoms with van der Waals surface area (Å²) in [5.41, 5.74) is 3.64. The lowest BCUT2D eigenvalue weighted by molar-refractivity contribution is -0.944. The molecule has 4 aliphatic rings. The van der Waals surface area contributed by atoms with Crippen LogP contribution in [0.2, 0.25) is 10.0 Å². The number of carbonyl (C=O) groups excluding carboxylic acids is 1. The molecule has 1 amide bonds. The van der Waals surface area contributed by atoms with Gasteiger partial charge in [-0.1, -0.05) is 71.7 Å². The number of rotatable bonds is 9. The van der Waals surface area contributed by atoms with Gasteiger partial charge in [0.05, 0.1) is 54.3 Å². The van der Waals surface area contributed by atoms with Gasteiger partial charge >= 0.3 is 0 Å².